The number of ether oxygens (including phenoxy) is 3. The third kappa shape index (κ3) is 7.72. The highest BCUT2D eigenvalue weighted by Crippen LogP contribution is 2.42. The highest BCUT2D eigenvalue weighted by atomic mass is 32.1. The molecule has 1 aromatic rings. The minimum Gasteiger partial charge on any atom is -0.481 e. The zero-order valence-electron chi connectivity index (χ0n) is 22.7. The van der Waals surface area contributed by atoms with Crippen LogP contribution in [-0.2, 0) is 15.9 Å². The first-order chi connectivity index (χ1) is 16.7. The van der Waals surface area contributed by atoms with Gasteiger partial charge in [0.1, 0.15) is 28.0 Å². The molecule has 9 heteroatoms. The summed E-state index contributed by atoms with van der Waals surface area (Å²) < 4.78 is 17.1. The number of thiocarbonyl (C=S) groups is 1. The number of nitrogens with one attached hydrogen (secondary N) is 2. The van der Waals surface area contributed by atoms with Gasteiger partial charge in [-0.05, 0) is 104 Å². The van der Waals surface area contributed by atoms with Crippen LogP contribution >= 0.6 is 12.2 Å². The molecule has 1 heterocycles. The van der Waals surface area contributed by atoms with E-state index < -0.39 is 17.3 Å². The molecule has 2 amide bonds. The van der Waals surface area contributed by atoms with Crippen LogP contribution in [0.1, 0.15) is 91.3 Å². The molecule has 0 saturated carbocycles. The van der Waals surface area contributed by atoms with E-state index in [1.165, 1.54) is 5.56 Å². The minimum atomic E-state index is -0.599. The molecule has 1 aromatic carbocycles. The number of benzene rings is 1. The molecule has 0 fully saturated rings. The van der Waals surface area contributed by atoms with Crippen molar-refractivity contribution in [3.05, 3.63) is 23.3 Å². The number of amides is 2. The summed E-state index contributed by atoms with van der Waals surface area (Å²) in [5.74, 6) is 0.799. The molecular weight excluding hydrogens is 478 g/mol. The maximum Gasteiger partial charge on any atom is 0.410 e. The Morgan fingerprint density at radius 3 is 2.50 bits per heavy atom. The molecule has 2 unspecified atom stereocenters. The zero-order chi connectivity index (χ0) is 26.7. The predicted octanol–water partition coefficient (Wildman–Crippen LogP) is 6.13. The molecular formula is C27H41N3O5S. The maximum absolute atomic E-state index is 13.3. The van der Waals surface area contributed by atoms with Crippen molar-refractivity contribution < 1.29 is 23.8 Å². The van der Waals surface area contributed by atoms with Crippen molar-refractivity contribution in [1.29, 1.82) is 0 Å². The Labute approximate surface area is 220 Å². The molecule has 3 rings (SSSR count). The van der Waals surface area contributed by atoms with Crippen molar-refractivity contribution in [3.8, 4) is 5.75 Å². The molecule has 0 saturated heterocycles. The van der Waals surface area contributed by atoms with Crippen LogP contribution in [-0.4, -0.2) is 52.5 Å². The van der Waals surface area contributed by atoms with Crippen LogP contribution in [0.2, 0.25) is 0 Å². The number of nitrogens with zero attached hydrogens (tertiary/aromatic N) is 1. The quantitative estimate of drug-likeness (QED) is 0.345. The van der Waals surface area contributed by atoms with Crippen LogP contribution in [0.5, 0.6) is 5.75 Å². The topological polar surface area (TPSA) is 89.1 Å². The molecule has 0 radical (unpaired) electrons. The van der Waals surface area contributed by atoms with E-state index in [1.807, 2.05) is 53.4 Å². The van der Waals surface area contributed by atoms with Crippen molar-refractivity contribution in [1.82, 2.24) is 10.2 Å². The number of fused-ring (bicyclic) bond motifs is 2. The standard InChI is InChI=1S/C27H41N3O5S/c1-17-23(36)29-20-16-19-18(15-22(20)33-17)11-10-12-21(19)30(25(32)35-27(5,6)7)14-9-8-13-28-24(31)34-26(2,3)4/h15-17,21H,8-14H2,1-7H3,(H,28,31)(H,29,36). The summed E-state index contributed by atoms with van der Waals surface area (Å²) in [6.07, 6.45) is 3.26. The van der Waals surface area contributed by atoms with Crippen molar-refractivity contribution in [2.45, 2.75) is 104 Å². The fourth-order valence-corrected chi connectivity index (χ4v) is 4.57. The summed E-state index contributed by atoms with van der Waals surface area (Å²) in [4.78, 5) is 27.7. The third-order valence-electron chi connectivity index (χ3n) is 5.95. The van der Waals surface area contributed by atoms with Gasteiger partial charge in [-0.1, -0.05) is 12.2 Å². The molecule has 8 nitrogen and oxygen atoms in total. The number of alkyl carbamates (subject to hydrolysis) is 1. The first-order valence-electron chi connectivity index (χ1n) is 12.8. The van der Waals surface area contributed by atoms with Gasteiger partial charge in [-0.15, -0.1) is 0 Å². The fraction of sp³-hybridized carbons (Fsp3) is 0.667. The number of rotatable bonds is 6. The van der Waals surface area contributed by atoms with Gasteiger partial charge >= 0.3 is 12.2 Å². The summed E-state index contributed by atoms with van der Waals surface area (Å²) in [7, 11) is 0. The smallest absolute Gasteiger partial charge is 0.410 e. The Hall–Kier alpha value is -2.55. The molecule has 2 N–H and O–H groups in total. The van der Waals surface area contributed by atoms with Gasteiger partial charge < -0.3 is 29.7 Å². The summed E-state index contributed by atoms with van der Waals surface area (Å²) in [5, 5.41) is 6.08. The largest absolute Gasteiger partial charge is 0.481 e. The average Bonchev–Trinajstić information content (AvgIpc) is 2.73. The molecule has 2 aliphatic rings. The van der Waals surface area contributed by atoms with Crippen molar-refractivity contribution in [2.24, 2.45) is 0 Å². The average molecular weight is 520 g/mol. The number of hydrogen-bond donors (Lipinski definition) is 2. The molecule has 1 aliphatic heterocycles. The van der Waals surface area contributed by atoms with E-state index in [0.717, 1.165) is 42.7 Å². The first-order valence-corrected chi connectivity index (χ1v) is 13.2. The van der Waals surface area contributed by atoms with E-state index in [1.54, 1.807) is 0 Å². The summed E-state index contributed by atoms with van der Waals surface area (Å²) in [5.41, 5.74) is 2.00. The van der Waals surface area contributed by atoms with Crippen molar-refractivity contribution in [2.75, 3.05) is 18.4 Å². The lowest BCUT2D eigenvalue weighted by Gasteiger charge is -2.38. The molecule has 36 heavy (non-hydrogen) atoms. The molecule has 0 aromatic heterocycles. The Morgan fingerprint density at radius 1 is 1.14 bits per heavy atom. The van der Waals surface area contributed by atoms with Crippen LogP contribution in [0.3, 0.4) is 0 Å². The fourth-order valence-electron chi connectivity index (χ4n) is 4.41. The highest BCUT2D eigenvalue weighted by molar-refractivity contribution is 7.80. The van der Waals surface area contributed by atoms with Gasteiger partial charge in [0.15, 0.2) is 0 Å². The van der Waals surface area contributed by atoms with E-state index in [4.69, 9.17) is 26.4 Å². The number of anilines is 1. The van der Waals surface area contributed by atoms with Gasteiger partial charge in [0, 0.05) is 13.1 Å². The van der Waals surface area contributed by atoms with E-state index in [-0.39, 0.29) is 18.2 Å². The van der Waals surface area contributed by atoms with Gasteiger partial charge in [0.25, 0.3) is 0 Å². The second-order valence-corrected chi connectivity index (χ2v) is 12.0. The molecule has 2 atom stereocenters. The second-order valence-electron chi connectivity index (χ2n) is 11.5. The predicted molar refractivity (Wildman–Crippen MR) is 145 cm³/mol. The van der Waals surface area contributed by atoms with Crippen LogP contribution < -0.4 is 15.4 Å². The normalized spacial score (nSPS) is 19.2. The van der Waals surface area contributed by atoms with E-state index in [0.29, 0.717) is 24.5 Å². The lowest BCUT2D eigenvalue weighted by atomic mass is 9.86. The summed E-state index contributed by atoms with van der Waals surface area (Å²) >= 11 is 5.41. The Morgan fingerprint density at radius 2 is 1.83 bits per heavy atom. The molecule has 0 spiro atoms. The number of hydrogen-bond acceptors (Lipinski definition) is 6. The molecule has 200 valence electrons. The van der Waals surface area contributed by atoms with E-state index in [2.05, 4.69) is 22.8 Å². The lowest BCUT2D eigenvalue weighted by molar-refractivity contribution is 0.0134. The third-order valence-corrected chi connectivity index (χ3v) is 6.39. The number of carbonyl (C=O) groups is 2. The highest BCUT2D eigenvalue weighted by Gasteiger charge is 2.34. The van der Waals surface area contributed by atoms with Gasteiger partial charge in [-0.25, -0.2) is 9.59 Å². The van der Waals surface area contributed by atoms with Crippen LogP contribution in [0, 0.1) is 0 Å². The minimum absolute atomic E-state index is 0.109. The summed E-state index contributed by atoms with van der Waals surface area (Å²) in [6.45, 7) is 14.1. The van der Waals surface area contributed by atoms with Crippen LogP contribution in [0.4, 0.5) is 15.3 Å². The Kier molecular flexibility index (Phi) is 8.75. The van der Waals surface area contributed by atoms with Crippen LogP contribution in [0.25, 0.3) is 0 Å². The van der Waals surface area contributed by atoms with E-state index >= 15 is 0 Å². The molecule has 0 bridgehead atoms. The van der Waals surface area contributed by atoms with Crippen LogP contribution in [0.15, 0.2) is 12.1 Å². The number of carbonyl (C=O) groups excluding carboxylic acids is 2. The number of aryl methyl sites for hydroxylation is 1. The summed E-state index contributed by atoms with van der Waals surface area (Å²) in [6, 6.07) is 4.05. The van der Waals surface area contributed by atoms with Crippen molar-refractivity contribution in [3.63, 3.8) is 0 Å². The lowest BCUT2D eigenvalue weighted by Crippen LogP contribution is -2.41. The molecule has 1 aliphatic carbocycles. The SMILES string of the molecule is CC1Oc2cc3c(cc2NC1=S)C(N(CCCCNC(=O)OC(C)(C)C)C(=O)OC(C)(C)C)CCC3. The Balaban J connectivity index is 1.74. The van der Waals surface area contributed by atoms with Gasteiger partial charge in [-0.3, -0.25) is 0 Å². The van der Waals surface area contributed by atoms with Gasteiger partial charge in [0.2, 0.25) is 0 Å². The van der Waals surface area contributed by atoms with Gasteiger partial charge in [0.05, 0.1) is 11.7 Å². The monoisotopic (exact) mass is 519 g/mol. The number of unbranched alkanes of at least 4 members (excludes halogenated alkanes) is 1. The second kappa shape index (κ2) is 11.2. The maximum atomic E-state index is 13.3. The zero-order valence-corrected chi connectivity index (χ0v) is 23.5. The van der Waals surface area contributed by atoms with E-state index in [9.17, 15) is 9.59 Å². The first kappa shape index (κ1) is 28.0. The Bertz CT molecular complexity index is 983. The van der Waals surface area contributed by atoms with Crippen molar-refractivity contribution >= 4 is 35.1 Å². The van der Waals surface area contributed by atoms with Gasteiger partial charge in [-0.2, -0.15) is 0 Å².